The molecule has 0 spiro atoms. The lowest BCUT2D eigenvalue weighted by molar-refractivity contribution is 0.0946. The highest BCUT2D eigenvalue weighted by Crippen LogP contribution is 2.21. The summed E-state index contributed by atoms with van der Waals surface area (Å²) in [4.78, 5) is 16.6. The third kappa shape index (κ3) is 4.28. The number of carbonyl (C=O) groups is 1. The molecular weight excluding hydrogens is 322 g/mol. The first-order valence-corrected chi connectivity index (χ1v) is 8.66. The van der Waals surface area contributed by atoms with E-state index in [1.807, 2.05) is 43.3 Å². The zero-order chi connectivity index (χ0) is 18.5. The first-order valence-electron chi connectivity index (χ1n) is 8.66. The van der Waals surface area contributed by atoms with Crippen LogP contribution < -0.4 is 10.6 Å². The van der Waals surface area contributed by atoms with Gasteiger partial charge < -0.3 is 10.6 Å². The Morgan fingerprint density at radius 3 is 2.54 bits per heavy atom. The molecule has 0 radical (unpaired) electrons. The van der Waals surface area contributed by atoms with E-state index < -0.39 is 0 Å². The molecule has 0 fully saturated rings. The Kier molecular flexibility index (Phi) is 5.32. The second kappa shape index (κ2) is 7.83. The molecule has 4 nitrogen and oxygen atoms in total. The Balaban J connectivity index is 1.70. The van der Waals surface area contributed by atoms with Gasteiger partial charge in [-0.15, -0.1) is 0 Å². The molecule has 0 aliphatic carbocycles. The molecule has 0 saturated carbocycles. The smallest absolute Gasteiger partial charge is 0.270 e. The van der Waals surface area contributed by atoms with Gasteiger partial charge in [0.2, 0.25) is 0 Å². The molecule has 2 aromatic carbocycles. The van der Waals surface area contributed by atoms with E-state index in [-0.39, 0.29) is 5.91 Å². The summed E-state index contributed by atoms with van der Waals surface area (Å²) in [7, 11) is 0. The van der Waals surface area contributed by atoms with E-state index in [1.165, 1.54) is 5.56 Å². The number of nitrogens with one attached hydrogen (secondary N) is 2. The van der Waals surface area contributed by atoms with Crippen molar-refractivity contribution < 1.29 is 4.79 Å². The summed E-state index contributed by atoms with van der Waals surface area (Å²) in [6, 6.07) is 17.9. The first kappa shape index (κ1) is 17.7. The molecule has 0 saturated heterocycles. The van der Waals surface area contributed by atoms with Crippen LogP contribution in [0.15, 0.2) is 60.8 Å². The lowest BCUT2D eigenvalue weighted by atomic mass is 10.1. The van der Waals surface area contributed by atoms with Crippen molar-refractivity contribution in [3.8, 4) is 0 Å². The lowest BCUT2D eigenvalue weighted by Crippen LogP contribution is -2.24. The number of anilines is 2. The summed E-state index contributed by atoms with van der Waals surface area (Å²) in [5.41, 5.74) is 6.90. The van der Waals surface area contributed by atoms with Crippen molar-refractivity contribution in [1.29, 1.82) is 0 Å². The van der Waals surface area contributed by atoms with Crippen molar-refractivity contribution in [2.45, 2.75) is 27.3 Å². The van der Waals surface area contributed by atoms with E-state index in [9.17, 15) is 4.79 Å². The number of nitrogens with zero attached hydrogens (tertiary/aromatic N) is 1. The third-order valence-corrected chi connectivity index (χ3v) is 4.35. The van der Waals surface area contributed by atoms with Crippen LogP contribution in [0.2, 0.25) is 0 Å². The summed E-state index contributed by atoms with van der Waals surface area (Å²) in [6.45, 7) is 6.66. The second-order valence-electron chi connectivity index (χ2n) is 6.48. The van der Waals surface area contributed by atoms with Gasteiger partial charge >= 0.3 is 0 Å². The number of hydrogen-bond acceptors (Lipinski definition) is 3. The van der Waals surface area contributed by atoms with Gasteiger partial charge in [-0.05, 0) is 55.7 Å². The van der Waals surface area contributed by atoms with E-state index in [2.05, 4.69) is 41.6 Å². The monoisotopic (exact) mass is 345 g/mol. The maximum atomic E-state index is 12.4. The van der Waals surface area contributed by atoms with E-state index in [1.54, 1.807) is 12.3 Å². The number of carbonyl (C=O) groups excluding carboxylic acids is 1. The Morgan fingerprint density at radius 2 is 1.77 bits per heavy atom. The van der Waals surface area contributed by atoms with Crippen LogP contribution in [-0.2, 0) is 6.54 Å². The predicted molar refractivity (Wildman–Crippen MR) is 106 cm³/mol. The molecule has 1 heterocycles. The molecule has 0 aliphatic heterocycles. The fourth-order valence-electron chi connectivity index (χ4n) is 2.82. The average molecular weight is 345 g/mol. The van der Waals surface area contributed by atoms with Gasteiger partial charge in [0.25, 0.3) is 5.91 Å². The van der Waals surface area contributed by atoms with E-state index in [0.717, 1.165) is 28.1 Å². The summed E-state index contributed by atoms with van der Waals surface area (Å²) < 4.78 is 0. The van der Waals surface area contributed by atoms with Crippen LogP contribution >= 0.6 is 0 Å². The number of hydrogen-bond donors (Lipinski definition) is 2. The van der Waals surface area contributed by atoms with Gasteiger partial charge in [0.05, 0.1) is 0 Å². The molecule has 3 aromatic rings. The highest BCUT2D eigenvalue weighted by molar-refractivity contribution is 5.93. The van der Waals surface area contributed by atoms with Crippen LogP contribution in [0.25, 0.3) is 0 Å². The maximum absolute atomic E-state index is 12.4. The van der Waals surface area contributed by atoms with Crippen molar-refractivity contribution >= 4 is 17.3 Å². The standard InChI is InChI=1S/C22H23N3O/c1-15-8-9-20(17(3)12-15)25-19-10-11-23-21(13-19)22(26)24-14-18-7-5-4-6-16(18)2/h4-13H,14H2,1-3H3,(H,23,25)(H,24,26). The summed E-state index contributed by atoms with van der Waals surface area (Å²) >= 11 is 0. The number of amides is 1. The second-order valence-corrected chi connectivity index (χ2v) is 6.48. The zero-order valence-corrected chi connectivity index (χ0v) is 15.3. The first-order chi connectivity index (χ1) is 12.5. The highest BCUT2D eigenvalue weighted by atomic mass is 16.1. The van der Waals surface area contributed by atoms with Gasteiger partial charge in [-0.1, -0.05) is 42.0 Å². The van der Waals surface area contributed by atoms with Crippen molar-refractivity contribution in [3.05, 3.63) is 88.7 Å². The van der Waals surface area contributed by atoms with Crippen molar-refractivity contribution in [3.63, 3.8) is 0 Å². The molecule has 0 aliphatic rings. The number of pyridine rings is 1. The molecule has 3 rings (SSSR count). The quantitative estimate of drug-likeness (QED) is 0.706. The Bertz CT molecular complexity index is 934. The third-order valence-electron chi connectivity index (χ3n) is 4.35. The Morgan fingerprint density at radius 1 is 0.962 bits per heavy atom. The van der Waals surface area contributed by atoms with E-state index in [0.29, 0.717) is 12.2 Å². The van der Waals surface area contributed by atoms with Crippen molar-refractivity contribution in [2.75, 3.05) is 5.32 Å². The molecule has 132 valence electrons. The van der Waals surface area contributed by atoms with Crippen LogP contribution in [0.1, 0.15) is 32.7 Å². The molecular formula is C22H23N3O. The molecule has 0 atom stereocenters. The van der Waals surface area contributed by atoms with Crippen LogP contribution in [0.3, 0.4) is 0 Å². The van der Waals surface area contributed by atoms with Crippen LogP contribution in [-0.4, -0.2) is 10.9 Å². The molecule has 2 N–H and O–H groups in total. The Labute approximate surface area is 154 Å². The normalized spacial score (nSPS) is 10.4. The van der Waals surface area contributed by atoms with E-state index >= 15 is 0 Å². The van der Waals surface area contributed by atoms with Crippen molar-refractivity contribution in [2.24, 2.45) is 0 Å². The van der Waals surface area contributed by atoms with Gasteiger partial charge in [-0.2, -0.15) is 0 Å². The molecule has 1 aromatic heterocycles. The number of aryl methyl sites for hydroxylation is 3. The minimum Gasteiger partial charge on any atom is -0.355 e. The molecule has 0 bridgehead atoms. The highest BCUT2D eigenvalue weighted by Gasteiger charge is 2.09. The van der Waals surface area contributed by atoms with Crippen molar-refractivity contribution in [1.82, 2.24) is 10.3 Å². The van der Waals surface area contributed by atoms with E-state index in [4.69, 9.17) is 0 Å². The SMILES string of the molecule is Cc1ccc(Nc2ccnc(C(=O)NCc3ccccc3C)c2)c(C)c1. The minimum absolute atomic E-state index is 0.183. The van der Waals surface area contributed by atoms with Gasteiger partial charge in [-0.3, -0.25) is 9.78 Å². The number of rotatable bonds is 5. The van der Waals surface area contributed by atoms with Gasteiger partial charge in [-0.25, -0.2) is 0 Å². The topological polar surface area (TPSA) is 54.0 Å². The molecule has 26 heavy (non-hydrogen) atoms. The van der Waals surface area contributed by atoms with Crippen LogP contribution in [0, 0.1) is 20.8 Å². The summed E-state index contributed by atoms with van der Waals surface area (Å²) in [6.07, 6.45) is 1.65. The Hall–Kier alpha value is -3.14. The van der Waals surface area contributed by atoms with Crippen LogP contribution in [0.5, 0.6) is 0 Å². The van der Waals surface area contributed by atoms with Crippen LogP contribution in [0.4, 0.5) is 11.4 Å². The number of aromatic nitrogens is 1. The number of benzene rings is 2. The zero-order valence-electron chi connectivity index (χ0n) is 15.3. The summed E-state index contributed by atoms with van der Waals surface area (Å²) in [5, 5.41) is 6.29. The predicted octanol–water partition coefficient (Wildman–Crippen LogP) is 4.68. The molecule has 1 amide bonds. The lowest BCUT2D eigenvalue weighted by Gasteiger charge is -2.11. The fraction of sp³-hybridized carbons (Fsp3) is 0.182. The fourth-order valence-corrected chi connectivity index (χ4v) is 2.82. The average Bonchev–Trinajstić information content (AvgIpc) is 2.63. The largest absolute Gasteiger partial charge is 0.355 e. The maximum Gasteiger partial charge on any atom is 0.270 e. The van der Waals surface area contributed by atoms with Gasteiger partial charge in [0.1, 0.15) is 5.69 Å². The van der Waals surface area contributed by atoms with Gasteiger partial charge in [0.15, 0.2) is 0 Å². The minimum atomic E-state index is -0.183. The summed E-state index contributed by atoms with van der Waals surface area (Å²) in [5.74, 6) is -0.183. The molecule has 0 unspecified atom stereocenters. The molecule has 4 heteroatoms. The van der Waals surface area contributed by atoms with Gasteiger partial charge in [0, 0.05) is 24.1 Å².